The number of carbonyl (C=O) groups is 2. The molecule has 0 aromatic heterocycles. The summed E-state index contributed by atoms with van der Waals surface area (Å²) >= 11 is 0. The maximum atomic E-state index is 12.2. The molecule has 2 N–H and O–H groups in total. The number of alkyl halides is 3. The lowest BCUT2D eigenvalue weighted by Crippen LogP contribution is -2.33. The van der Waals surface area contributed by atoms with Crippen LogP contribution >= 0.6 is 0 Å². The van der Waals surface area contributed by atoms with Gasteiger partial charge in [-0.05, 0) is 25.1 Å². The van der Waals surface area contributed by atoms with Crippen LogP contribution in [0.25, 0.3) is 5.57 Å². The molecule has 5 nitrogen and oxygen atoms in total. The molecule has 0 spiro atoms. The molecule has 8 heteroatoms. The quantitative estimate of drug-likeness (QED) is 0.638. The molecule has 0 aliphatic carbocycles. The highest BCUT2D eigenvalue weighted by molar-refractivity contribution is 6.32. The van der Waals surface area contributed by atoms with Gasteiger partial charge >= 0.3 is 6.18 Å². The van der Waals surface area contributed by atoms with Crippen LogP contribution in [0.5, 0.6) is 0 Å². The fourth-order valence-corrected chi connectivity index (χ4v) is 2.39. The van der Waals surface area contributed by atoms with Gasteiger partial charge in [0.15, 0.2) is 0 Å². The molecule has 1 aromatic rings. The van der Waals surface area contributed by atoms with Crippen LogP contribution in [0.3, 0.4) is 0 Å². The molecule has 0 bridgehead atoms. The number of carbonyl (C=O) groups excluding carboxylic acids is 2. The molecule has 0 fully saturated rings. The standard InChI is InChI=1S/C16H17F3N2O3/c1-3-12(24-4-2)13-10-7-9(5-6-11(10)21-15(13)23)14(22)20-8-16(17,18)19/h5-7H,3-4,8H2,1-2H3,(H,20,22)(H,21,23)/b13-12-. The minimum atomic E-state index is -4.49. The van der Waals surface area contributed by atoms with Crippen molar-refractivity contribution in [1.29, 1.82) is 0 Å². The van der Waals surface area contributed by atoms with Crippen LogP contribution in [0.1, 0.15) is 36.2 Å². The Bertz CT molecular complexity index is 696. The van der Waals surface area contributed by atoms with E-state index >= 15 is 0 Å². The molecule has 0 saturated heterocycles. The Hall–Kier alpha value is -2.51. The number of benzene rings is 1. The predicted octanol–water partition coefficient (Wildman–Crippen LogP) is 3.09. The smallest absolute Gasteiger partial charge is 0.405 e. The van der Waals surface area contributed by atoms with Gasteiger partial charge in [0.05, 0.1) is 12.2 Å². The highest BCUT2D eigenvalue weighted by atomic mass is 19.4. The highest BCUT2D eigenvalue weighted by Gasteiger charge is 2.30. The van der Waals surface area contributed by atoms with E-state index in [1.54, 1.807) is 6.92 Å². The van der Waals surface area contributed by atoms with Gasteiger partial charge in [-0.3, -0.25) is 9.59 Å². The second kappa shape index (κ2) is 6.94. The third-order valence-corrected chi connectivity index (χ3v) is 3.39. The van der Waals surface area contributed by atoms with Crippen molar-refractivity contribution in [2.24, 2.45) is 0 Å². The van der Waals surface area contributed by atoms with Gasteiger partial charge in [0.25, 0.3) is 11.8 Å². The van der Waals surface area contributed by atoms with Gasteiger partial charge in [-0.2, -0.15) is 13.2 Å². The van der Waals surface area contributed by atoms with Gasteiger partial charge in [-0.25, -0.2) is 0 Å². The lowest BCUT2D eigenvalue weighted by Gasteiger charge is -2.11. The molecule has 1 aliphatic rings. The van der Waals surface area contributed by atoms with Crippen molar-refractivity contribution in [3.05, 3.63) is 35.1 Å². The Balaban J connectivity index is 2.35. The van der Waals surface area contributed by atoms with Crippen LogP contribution in [-0.4, -0.2) is 31.1 Å². The Labute approximate surface area is 136 Å². The first-order chi connectivity index (χ1) is 11.3. The Morgan fingerprint density at radius 2 is 2.00 bits per heavy atom. The van der Waals surface area contributed by atoms with E-state index in [-0.39, 0.29) is 11.5 Å². The van der Waals surface area contributed by atoms with Crippen molar-refractivity contribution >= 4 is 23.1 Å². The van der Waals surface area contributed by atoms with E-state index in [1.807, 2.05) is 12.2 Å². The van der Waals surface area contributed by atoms with E-state index < -0.39 is 18.6 Å². The lowest BCUT2D eigenvalue weighted by atomic mass is 10.0. The molecule has 1 heterocycles. The Kier molecular flexibility index (Phi) is 5.16. The molecule has 1 aromatic carbocycles. The number of halogens is 3. The molecule has 2 rings (SSSR count). The predicted molar refractivity (Wildman–Crippen MR) is 82.3 cm³/mol. The van der Waals surface area contributed by atoms with Crippen LogP contribution in [0.2, 0.25) is 0 Å². The second-order valence-electron chi connectivity index (χ2n) is 5.10. The van der Waals surface area contributed by atoms with Gasteiger partial charge in [-0.15, -0.1) is 0 Å². The summed E-state index contributed by atoms with van der Waals surface area (Å²) in [6.45, 7) is 2.57. The summed E-state index contributed by atoms with van der Waals surface area (Å²) in [6, 6.07) is 4.24. The summed E-state index contributed by atoms with van der Waals surface area (Å²) in [6.07, 6.45) is -4.01. The average Bonchev–Trinajstić information content (AvgIpc) is 2.84. The Morgan fingerprint density at radius 3 is 2.58 bits per heavy atom. The maximum absolute atomic E-state index is 12.2. The van der Waals surface area contributed by atoms with Crippen LogP contribution in [0.15, 0.2) is 24.0 Å². The van der Waals surface area contributed by atoms with Crippen molar-refractivity contribution in [3.63, 3.8) is 0 Å². The number of rotatable bonds is 5. The fraction of sp³-hybridized carbons (Fsp3) is 0.375. The third kappa shape index (κ3) is 3.87. The monoisotopic (exact) mass is 342 g/mol. The molecular weight excluding hydrogens is 325 g/mol. The van der Waals surface area contributed by atoms with Crippen molar-refractivity contribution in [2.75, 3.05) is 18.5 Å². The van der Waals surface area contributed by atoms with Crippen molar-refractivity contribution in [1.82, 2.24) is 5.32 Å². The molecule has 0 saturated carbocycles. The zero-order chi connectivity index (χ0) is 17.9. The van der Waals surface area contributed by atoms with E-state index in [9.17, 15) is 22.8 Å². The normalized spacial score (nSPS) is 15.6. The van der Waals surface area contributed by atoms with Crippen molar-refractivity contribution < 1.29 is 27.5 Å². The van der Waals surface area contributed by atoms with E-state index in [0.29, 0.717) is 35.6 Å². The minimum absolute atomic E-state index is 0.0407. The summed E-state index contributed by atoms with van der Waals surface area (Å²) in [5.74, 6) is -0.743. The molecule has 2 amide bonds. The number of nitrogens with one attached hydrogen (secondary N) is 2. The molecule has 0 unspecified atom stereocenters. The van der Waals surface area contributed by atoms with E-state index in [1.165, 1.54) is 18.2 Å². The molecular formula is C16H17F3N2O3. The number of allylic oxidation sites excluding steroid dienone is 1. The molecule has 130 valence electrons. The molecule has 24 heavy (non-hydrogen) atoms. The molecule has 0 radical (unpaired) electrons. The van der Waals surface area contributed by atoms with Gasteiger partial charge in [0, 0.05) is 23.2 Å². The number of amides is 2. The highest BCUT2D eigenvalue weighted by Crippen LogP contribution is 2.35. The van der Waals surface area contributed by atoms with Gasteiger partial charge in [0.1, 0.15) is 12.3 Å². The minimum Gasteiger partial charge on any atom is -0.497 e. The van der Waals surface area contributed by atoms with Crippen LogP contribution < -0.4 is 10.6 Å². The SMILES string of the molecule is CCO/C(CC)=C1\C(=O)Nc2ccc(C(=O)NCC(F)(F)F)cc21. The lowest BCUT2D eigenvalue weighted by molar-refractivity contribution is -0.123. The fourth-order valence-electron chi connectivity index (χ4n) is 2.39. The van der Waals surface area contributed by atoms with Gasteiger partial charge in [0.2, 0.25) is 0 Å². The summed E-state index contributed by atoms with van der Waals surface area (Å²) in [5.41, 5.74) is 1.29. The van der Waals surface area contributed by atoms with E-state index in [4.69, 9.17) is 4.74 Å². The van der Waals surface area contributed by atoms with Gasteiger partial charge in [-0.1, -0.05) is 6.92 Å². The van der Waals surface area contributed by atoms with E-state index in [2.05, 4.69) is 5.32 Å². The number of fused-ring (bicyclic) bond motifs is 1. The first-order valence-electron chi connectivity index (χ1n) is 7.43. The van der Waals surface area contributed by atoms with Crippen LogP contribution in [0, 0.1) is 0 Å². The van der Waals surface area contributed by atoms with E-state index in [0.717, 1.165) is 0 Å². The topological polar surface area (TPSA) is 67.4 Å². The summed E-state index contributed by atoms with van der Waals surface area (Å²) < 4.78 is 42.1. The average molecular weight is 342 g/mol. The molecule has 0 atom stereocenters. The van der Waals surface area contributed by atoms with Crippen molar-refractivity contribution in [2.45, 2.75) is 26.4 Å². The summed E-state index contributed by atoms with van der Waals surface area (Å²) in [7, 11) is 0. The second-order valence-corrected chi connectivity index (χ2v) is 5.10. The third-order valence-electron chi connectivity index (χ3n) is 3.39. The number of hydrogen-bond donors (Lipinski definition) is 2. The van der Waals surface area contributed by atoms with Crippen LogP contribution in [-0.2, 0) is 9.53 Å². The van der Waals surface area contributed by atoms with Gasteiger partial charge < -0.3 is 15.4 Å². The Morgan fingerprint density at radius 1 is 1.29 bits per heavy atom. The maximum Gasteiger partial charge on any atom is 0.405 e. The first kappa shape index (κ1) is 17.8. The number of hydrogen-bond acceptors (Lipinski definition) is 3. The van der Waals surface area contributed by atoms with Crippen LogP contribution in [0.4, 0.5) is 18.9 Å². The molecule has 1 aliphatic heterocycles. The zero-order valence-electron chi connectivity index (χ0n) is 13.2. The van der Waals surface area contributed by atoms with Crippen molar-refractivity contribution in [3.8, 4) is 0 Å². The largest absolute Gasteiger partial charge is 0.497 e. The number of ether oxygens (including phenoxy) is 1. The zero-order valence-corrected chi connectivity index (χ0v) is 13.2. The number of anilines is 1. The summed E-state index contributed by atoms with van der Waals surface area (Å²) in [4.78, 5) is 24.0. The summed E-state index contributed by atoms with van der Waals surface area (Å²) in [5, 5.41) is 4.46. The first-order valence-corrected chi connectivity index (χ1v) is 7.43.